The van der Waals surface area contributed by atoms with Gasteiger partial charge < -0.3 is 5.32 Å². The van der Waals surface area contributed by atoms with Gasteiger partial charge >= 0.3 is 11.3 Å². The van der Waals surface area contributed by atoms with Gasteiger partial charge in [0.15, 0.2) is 0 Å². The summed E-state index contributed by atoms with van der Waals surface area (Å²) in [4.78, 5) is 36.9. The minimum Gasteiger partial charge on any atom is -0.321 e. The molecule has 0 bridgehead atoms. The van der Waals surface area contributed by atoms with E-state index in [0.717, 1.165) is 6.08 Å². The molecule has 1 aliphatic heterocycles. The number of nitrogens with zero attached hydrogens (tertiary/aromatic N) is 1. The first-order valence-electron chi connectivity index (χ1n) is 7.61. The van der Waals surface area contributed by atoms with E-state index in [9.17, 15) is 14.4 Å². The second kappa shape index (κ2) is 6.12. The van der Waals surface area contributed by atoms with Gasteiger partial charge in [-0.1, -0.05) is 35.9 Å². The van der Waals surface area contributed by atoms with Gasteiger partial charge in [0.2, 0.25) is 5.69 Å². The number of amides is 1. The quantitative estimate of drug-likeness (QED) is 0.420. The number of para-hydroxylation sites is 1. The van der Waals surface area contributed by atoms with Crippen molar-refractivity contribution in [2.24, 2.45) is 0 Å². The van der Waals surface area contributed by atoms with Crippen LogP contribution < -0.4 is 15.6 Å². The Bertz CT molecular complexity index is 1140. The highest BCUT2D eigenvalue weighted by atomic mass is 35.5. The second-order valence-electron chi connectivity index (χ2n) is 5.57. The molecular weight excluding hydrogens is 358 g/mol. The van der Waals surface area contributed by atoms with Crippen LogP contribution >= 0.6 is 11.6 Å². The number of fused-ring (bicyclic) bond motifs is 1. The van der Waals surface area contributed by atoms with Gasteiger partial charge in [0, 0.05) is 34.5 Å². The lowest BCUT2D eigenvalue weighted by atomic mass is 10.1. The minimum atomic E-state index is -0.849. The minimum absolute atomic E-state index is 0.184. The highest BCUT2D eigenvalue weighted by Gasteiger charge is 2.32. The van der Waals surface area contributed by atoms with E-state index in [4.69, 9.17) is 16.1 Å². The molecule has 1 aliphatic rings. The van der Waals surface area contributed by atoms with Crippen LogP contribution in [0.15, 0.2) is 63.9 Å². The van der Waals surface area contributed by atoms with Crippen LogP contribution in [-0.2, 0) is 4.79 Å². The maximum atomic E-state index is 12.7. The van der Waals surface area contributed by atoms with E-state index in [-0.39, 0.29) is 11.3 Å². The maximum absolute atomic E-state index is 12.7. The summed E-state index contributed by atoms with van der Waals surface area (Å²) in [6.45, 7) is 0. The Balaban J connectivity index is 1.80. The summed E-state index contributed by atoms with van der Waals surface area (Å²) in [5.74, 6) is -1.07. The van der Waals surface area contributed by atoms with Crippen molar-refractivity contribution in [2.75, 3.05) is 5.32 Å². The van der Waals surface area contributed by atoms with Crippen molar-refractivity contribution in [3.63, 3.8) is 0 Å². The van der Waals surface area contributed by atoms with Crippen LogP contribution in [0.4, 0.5) is 5.69 Å². The van der Waals surface area contributed by atoms with E-state index in [0.29, 0.717) is 22.0 Å². The third kappa shape index (κ3) is 2.64. The van der Waals surface area contributed by atoms with Crippen LogP contribution in [0.5, 0.6) is 0 Å². The molecule has 2 N–H and O–H groups in total. The van der Waals surface area contributed by atoms with Gasteiger partial charge in [0.1, 0.15) is 0 Å². The first kappa shape index (κ1) is 16.0. The zero-order valence-corrected chi connectivity index (χ0v) is 13.9. The van der Waals surface area contributed by atoms with Crippen LogP contribution in [0.25, 0.3) is 11.3 Å². The molecule has 0 spiro atoms. The van der Waals surface area contributed by atoms with Gasteiger partial charge in [-0.05, 0) is 22.1 Å². The van der Waals surface area contributed by atoms with Crippen molar-refractivity contribution in [2.45, 2.75) is 0 Å². The molecule has 0 radical (unpaired) electrons. The number of rotatable bonds is 3. The van der Waals surface area contributed by atoms with Crippen molar-refractivity contribution in [3.8, 4) is 5.69 Å². The zero-order chi connectivity index (χ0) is 18.3. The third-order valence-electron chi connectivity index (χ3n) is 3.93. The van der Waals surface area contributed by atoms with Crippen LogP contribution in [0.1, 0.15) is 16.1 Å². The second-order valence-corrected chi connectivity index (χ2v) is 6.00. The molecule has 0 fully saturated rings. The van der Waals surface area contributed by atoms with Crippen LogP contribution in [0.2, 0.25) is 5.02 Å². The number of aromatic amines is 1. The molecule has 0 atom stereocenters. The predicted molar refractivity (Wildman–Crippen MR) is 93.2 cm³/mol. The van der Waals surface area contributed by atoms with Gasteiger partial charge in [0.05, 0.1) is 5.57 Å². The van der Waals surface area contributed by atoms with Crippen molar-refractivity contribution in [1.82, 2.24) is 5.27 Å². The summed E-state index contributed by atoms with van der Waals surface area (Å²) in [5, 5.41) is 5.48. The normalized spacial score (nSPS) is 14.3. The molecular formula is C18H11ClN3O4+. The van der Waals surface area contributed by atoms with E-state index in [1.165, 1.54) is 4.68 Å². The molecule has 2 heterocycles. The molecule has 1 aromatic heterocycles. The summed E-state index contributed by atoms with van der Waals surface area (Å²) >= 11 is 5.96. The average molecular weight is 369 g/mol. The lowest BCUT2D eigenvalue weighted by molar-refractivity contribution is -0.672. The van der Waals surface area contributed by atoms with E-state index in [1.807, 2.05) is 0 Å². The fourth-order valence-electron chi connectivity index (χ4n) is 2.76. The average Bonchev–Trinajstić information content (AvgIpc) is 3.15. The third-order valence-corrected chi connectivity index (χ3v) is 4.17. The maximum Gasteiger partial charge on any atom is 0.439 e. The molecule has 0 saturated heterocycles. The Morgan fingerprint density at radius 3 is 2.73 bits per heavy atom. The van der Waals surface area contributed by atoms with Crippen LogP contribution in [-0.4, -0.2) is 17.0 Å². The van der Waals surface area contributed by atoms with Crippen molar-refractivity contribution < 1.29 is 18.8 Å². The Hall–Kier alpha value is -3.45. The van der Waals surface area contributed by atoms with E-state index >= 15 is 0 Å². The number of halogens is 1. The molecule has 0 unspecified atom stereocenters. The summed E-state index contributed by atoms with van der Waals surface area (Å²) in [6, 6.07) is 13.5. The van der Waals surface area contributed by atoms with E-state index < -0.39 is 17.3 Å². The smallest absolute Gasteiger partial charge is 0.321 e. The Labute approximate surface area is 151 Å². The van der Waals surface area contributed by atoms with E-state index in [1.54, 1.807) is 48.5 Å². The number of allylic oxidation sites excluding steroid dienone is 1. The van der Waals surface area contributed by atoms with Gasteiger partial charge in [-0.15, -0.1) is 0 Å². The fraction of sp³-hybridized carbons (Fsp3) is 0. The number of hydrogen-bond donors (Lipinski definition) is 2. The number of carbonyl (C=O) groups is 2. The molecule has 0 aliphatic carbocycles. The highest BCUT2D eigenvalue weighted by molar-refractivity contribution is 6.34. The number of nitrogens with one attached hydrogen (secondary N) is 2. The molecule has 7 nitrogen and oxygen atoms in total. The number of benzene rings is 2. The molecule has 8 heteroatoms. The Morgan fingerprint density at radius 2 is 1.92 bits per heavy atom. The monoisotopic (exact) mass is 368 g/mol. The summed E-state index contributed by atoms with van der Waals surface area (Å²) in [5.41, 5.74) is 0.723. The van der Waals surface area contributed by atoms with Crippen LogP contribution in [0.3, 0.4) is 0 Å². The van der Waals surface area contributed by atoms with Crippen molar-refractivity contribution in [3.05, 3.63) is 81.3 Å². The topological polar surface area (TPSA) is 96.0 Å². The number of ketones is 1. The Morgan fingerprint density at radius 1 is 1.12 bits per heavy atom. The van der Waals surface area contributed by atoms with Gasteiger partial charge in [0.25, 0.3) is 11.7 Å². The molecule has 1 amide bonds. The number of hydrogen-bond acceptors (Lipinski definition) is 4. The standard InChI is InChI=1S/C18H10ClN3O4/c19-10-4-3-5-11(8-10)22-16(18(25)26-21-22)15(23)9-13-12-6-1-2-7-14(12)20-17(13)24/h1-9H,(H-,20,21,23,24,25)/p+1. The highest BCUT2D eigenvalue weighted by Crippen LogP contribution is 2.31. The van der Waals surface area contributed by atoms with Crippen molar-refractivity contribution in [1.29, 1.82) is 0 Å². The van der Waals surface area contributed by atoms with Gasteiger partial charge in [-0.25, -0.2) is 4.79 Å². The van der Waals surface area contributed by atoms with Gasteiger partial charge in [-0.3, -0.25) is 14.1 Å². The lowest BCUT2D eigenvalue weighted by Gasteiger charge is -1.96. The zero-order valence-electron chi connectivity index (χ0n) is 13.2. The lowest BCUT2D eigenvalue weighted by Crippen LogP contribution is -2.40. The molecule has 0 saturated carbocycles. The number of H-pyrrole nitrogens is 1. The summed E-state index contributed by atoms with van der Waals surface area (Å²) < 4.78 is 5.95. The molecule has 26 heavy (non-hydrogen) atoms. The first-order valence-corrected chi connectivity index (χ1v) is 7.98. The van der Waals surface area contributed by atoms with Crippen molar-refractivity contribution >= 4 is 34.6 Å². The SMILES string of the molecule is O=C1Nc2ccccc2/C1=C\C(=O)c1c(=O)o[nH][n+]1-c1cccc(Cl)c1. The largest absolute Gasteiger partial charge is 0.439 e. The Kier molecular flexibility index (Phi) is 3.78. The summed E-state index contributed by atoms with van der Waals surface area (Å²) in [6.07, 6.45) is 1.13. The number of aromatic nitrogens is 2. The van der Waals surface area contributed by atoms with E-state index in [2.05, 4.69) is 10.6 Å². The van der Waals surface area contributed by atoms with Gasteiger partial charge in [-0.2, -0.15) is 0 Å². The molecule has 128 valence electrons. The molecule has 3 aromatic rings. The first-order chi connectivity index (χ1) is 12.5. The number of carbonyl (C=O) groups excluding carboxylic acids is 2. The predicted octanol–water partition coefficient (Wildman–Crippen LogP) is 2.12. The molecule has 4 rings (SSSR count). The summed E-state index contributed by atoms with van der Waals surface area (Å²) in [7, 11) is 0. The fourth-order valence-corrected chi connectivity index (χ4v) is 2.95. The molecule has 2 aromatic carbocycles. The number of anilines is 1. The van der Waals surface area contributed by atoms with Crippen LogP contribution in [0, 0.1) is 0 Å².